The molecule has 0 aliphatic heterocycles. The Morgan fingerprint density at radius 2 is 2.03 bits per heavy atom. The van der Waals surface area contributed by atoms with Crippen LogP contribution < -0.4 is 14.9 Å². The Kier molecular flexibility index (Phi) is 6.12. The third-order valence-corrected chi connectivity index (χ3v) is 3.84. The number of rotatable bonds is 7. The number of benzene rings is 2. The summed E-state index contributed by atoms with van der Waals surface area (Å²) in [5.74, 6) is 0.988. The van der Waals surface area contributed by atoms with Crippen LogP contribution in [0.2, 0.25) is 0 Å². The van der Waals surface area contributed by atoms with Gasteiger partial charge in [0.1, 0.15) is 6.54 Å². The quantitative estimate of drug-likeness (QED) is 0.476. The molecular formula is C19H17N7O3. The molecule has 146 valence electrons. The van der Waals surface area contributed by atoms with Gasteiger partial charge in [-0.05, 0) is 41.1 Å². The van der Waals surface area contributed by atoms with E-state index in [1.165, 1.54) is 13.3 Å². The SMILES string of the molecule is COc1ccc(/C=N\NC(=O)Cn2nnc(-c3ccccc3C#N)n2)cc1OC. The fourth-order valence-corrected chi connectivity index (χ4v) is 2.47. The van der Waals surface area contributed by atoms with Gasteiger partial charge in [-0.2, -0.15) is 15.2 Å². The predicted octanol–water partition coefficient (Wildman–Crippen LogP) is 1.38. The van der Waals surface area contributed by atoms with Crippen LogP contribution in [0.1, 0.15) is 11.1 Å². The number of hydrogen-bond donors (Lipinski definition) is 1. The third kappa shape index (κ3) is 4.72. The number of carbonyl (C=O) groups is 1. The van der Waals surface area contributed by atoms with Crippen molar-refractivity contribution in [2.24, 2.45) is 5.10 Å². The lowest BCUT2D eigenvalue weighted by molar-refractivity contribution is -0.122. The van der Waals surface area contributed by atoms with Crippen LogP contribution in [0, 0.1) is 11.3 Å². The van der Waals surface area contributed by atoms with Crippen molar-refractivity contribution in [2.45, 2.75) is 6.54 Å². The summed E-state index contributed by atoms with van der Waals surface area (Å²) in [4.78, 5) is 13.2. The second kappa shape index (κ2) is 9.09. The number of aromatic nitrogens is 4. The van der Waals surface area contributed by atoms with E-state index in [1.807, 2.05) is 0 Å². The van der Waals surface area contributed by atoms with Crippen molar-refractivity contribution in [1.82, 2.24) is 25.6 Å². The first-order valence-electron chi connectivity index (χ1n) is 8.46. The lowest BCUT2D eigenvalue weighted by Gasteiger charge is -2.07. The van der Waals surface area contributed by atoms with Crippen molar-refractivity contribution in [2.75, 3.05) is 14.2 Å². The molecule has 1 N–H and O–H groups in total. The Morgan fingerprint density at radius 3 is 2.79 bits per heavy atom. The number of nitriles is 1. The molecule has 0 radical (unpaired) electrons. The smallest absolute Gasteiger partial charge is 0.263 e. The Morgan fingerprint density at radius 1 is 1.24 bits per heavy atom. The fourth-order valence-electron chi connectivity index (χ4n) is 2.47. The summed E-state index contributed by atoms with van der Waals surface area (Å²) in [6.07, 6.45) is 1.48. The molecule has 3 rings (SSSR count). The van der Waals surface area contributed by atoms with E-state index in [0.717, 1.165) is 10.4 Å². The normalized spacial score (nSPS) is 10.5. The number of tetrazole rings is 1. The van der Waals surface area contributed by atoms with Crippen molar-refractivity contribution in [3.8, 4) is 29.0 Å². The average Bonchev–Trinajstić information content (AvgIpc) is 3.21. The standard InChI is InChI=1S/C19H17N7O3/c1-28-16-8-7-13(9-17(16)29-2)11-21-22-18(27)12-26-24-19(23-25-26)15-6-4-3-5-14(15)10-20/h3-9,11H,12H2,1-2H3,(H,22,27)/b21-11-. The van der Waals surface area contributed by atoms with Crippen molar-refractivity contribution in [3.63, 3.8) is 0 Å². The highest BCUT2D eigenvalue weighted by molar-refractivity contribution is 5.83. The zero-order valence-electron chi connectivity index (χ0n) is 15.7. The van der Waals surface area contributed by atoms with Gasteiger partial charge in [-0.1, -0.05) is 12.1 Å². The van der Waals surface area contributed by atoms with Gasteiger partial charge in [0.2, 0.25) is 5.82 Å². The van der Waals surface area contributed by atoms with Gasteiger partial charge in [-0.25, -0.2) is 5.43 Å². The molecule has 0 spiro atoms. The molecule has 1 amide bonds. The number of amides is 1. The Hall–Kier alpha value is -4.26. The minimum absolute atomic E-state index is 0.176. The Bertz CT molecular complexity index is 1090. The van der Waals surface area contributed by atoms with Crippen LogP contribution in [0.15, 0.2) is 47.6 Å². The van der Waals surface area contributed by atoms with Crippen LogP contribution in [0.4, 0.5) is 0 Å². The maximum absolute atomic E-state index is 12.0. The third-order valence-electron chi connectivity index (χ3n) is 3.84. The highest BCUT2D eigenvalue weighted by atomic mass is 16.5. The van der Waals surface area contributed by atoms with Crippen LogP contribution in [0.5, 0.6) is 11.5 Å². The largest absolute Gasteiger partial charge is 0.493 e. The van der Waals surface area contributed by atoms with Gasteiger partial charge < -0.3 is 9.47 Å². The average molecular weight is 391 g/mol. The molecule has 0 saturated carbocycles. The highest BCUT2D eigenvalue weighted by Crippen LogP contribution is 2.26. The summed E-state index contributed by atoms with van der Waals surface area (Å²) in [6.45, 7) is -0.176. The molecule has 0 bridgehead atoms. The molecule has 0 aliphatic rings. The maximum Gasteiger partial charge on any atom is 0.263 e. The van der Waals surface area contributed by atoms with Crippen LogP contribution in [0.25, 0.3) is 11.4 Å². The summed E-state index contributed by atoms with van der Waals surface area (Å²) in [5, 5.41) is 24.9. The van der Waals surface area contributed by atoms with E-state index in [4.69, 9.17) is 14.7 Å². The number of methoxy groups -OCH3 is 2. The van der Waals surface area contributed by atoms with E-state index in [0.29, 0.717) is 22.6 Å². The number of carbonyl (C=O) groups excluding carboxylic acids is 1. The van der Waals surface area contributed by atoms with Gasteiger partial charge in [0.25, 0.3) is 5.91 Å². The monoisotopic (exact) mass is 391 g/mol. The second-order valence-corrected chi connectivity index (χ2v) is 5.71. The first-order valence-corrected chi connectivity index (χ1v) is 8.46. The second-order valence-electron chi connectivity index (χ2n) is 5.71. The minimum atomic E-state index is -0.431. The maximum atomic E-state index is 12.0. The van der Waals surface area contributed by atoms with Gasteiger partial charge >= 0.3 is 0 Å². The van der Waals surface area contributed by atoms with E-state index in [-0.39, 0.29) is 12.4 Å². The van der Waals surface area contributed by atoms with E-state index < -0.39 is 5.91 Å². The van der Waals surface area contributed by atoms with E-state index in [2.05, 4.69) is 32.0 Å². The van der Waals surface area contributed by atoms with E-state index >= 15 is 0 Å². The molecule has 1 aromatic heterocycles. The van der Waals surface area contributed by atoms with Crippen LogP contribution >= 0.6 is 0 Å². The van der Waals surface area contributed by atoms with Crippen molar-refractivity contribution < 1.29 is 14.3 Å². The topological polar surface area (TPSA) is 127 Å². The molecule has 10 nitrogen and oxygen atoms in total. The van der Waals surface area contributed by atoms with Gasteiger partial charge in [0.15, 0.2) is 11.5 Å². The molecule has 1 heterocycles. The molecular weight excluding hydrogens is 374 g/mol. The first kappa shape index (κ1) is 19.5. The van der Waals surface area contributed by atoms with Crippen molar-refractivity contribution in [3.05, 3.63) is 53.6 Å². The summed E-state index contributed by atoms with van der Waals surface area (Å²) in [7, 11) is 3.09. The van der Waals surface area contributed by atoms with E-state index in [1.54, 1.807) is 49.6 Å². The van der Waals surface area contributed by atoms with Crippen molar-refractivity contribution >= 4 is 12.1 Å². The van der Waals surface area contributed by atoms with Crippen LogP contribution in [-0.2, 0) is 11.3 Å². The van der Waals surface area contributed by atoms with Crippen molar-refractivity contribution in [1.29, 1.82) is 5.26 Å². The van der Waals surface area contributed by atoms with Crippen LogP contribution in [0.3, 0.4) is 0 Å². The molecule has 29 heavy (non-hydrogen) atoms. The highest BCUT2D eigenvalue weighted by Gasteiger charge is 2.12. The first-order chi connectivity index (χ1) is 14.1. The molecule has 0 atom stereocenters. The summed E-state index contributed by atoms with van der Waals surface area (Å²) in [5.41, 5.74) is 4.09. The number of nitrogens with zero attached hydrogens (tertiary/aromatic N) is 6. The molecule has 0 saturated heterocycles. The number of hydrazone groups is 1. The Balaban J connectivity index is 1.61. The van der Waals surface area contributed by atoms with E-state index in [9.17, 15) is 4.79 Å². The molecule has 0 fully saturated rings. The summed E-state index contributed by atoms with van der Waals surface area (Å²) in [6, 6.07) is 14.2. The summed E-state index contributed by atoms with van der Waals surface area (Å²) < 4.78 is 10.4. The molecule has 0 aliphatic carbocycles. The molecule has 10 heteroatoms. The zero-order valence-corrected chi connectivity index (χ0v) is 15.7. The Labute approximate surface area is 166 Å². The number of hydrogen-bond acceptors (Lipinski definition) is 8. The lowest BCUT2D eigenvalue weighted by Crippen LogP contribution is -2.24. The molecule has 0 unspecified atom stereocenters. The lowest BCUT2D eigenvalue weighted by atomic mass is 10.1. The predicted molar refractivity (Wildman–Crippen MR) is 103 cm³/mol. The molecule has 3 aromatic rings. The van der Waals surface area contributed by atoms with Crippen LogP contribution in [-0.4, -0.2) is 46.5 Å². The van der Waals surface area contributed by atoms with Gasteiger partial charge in [-0.3, -0.25) is 4.79 Å². The number of ether oxygens (including phenoxy) is 2. The zero-order chi connectivity index (χ0) is 20.6. The number of nitrogens with one attached hydrogen (secondary N) is 1. The van der Waals surface area contributed by atoms with Gasteiger partial charge in [0, 0.05) is 5.56 Å². The fraction of sp³-hybridized carbons (Fsp3) is 0.158. The van der Waals surface area contributed by atoms with Gasteiger partial charge in [-0.15, -0.1) is 10.2 Å². The minimum Gasteiger partial charge on any atom is -0.493 e. The van der Waals surface area contributed by atoms with Gasteiger partial charge in [0.05, 0.1) is 32.1 Å². The molecule has 2 aromatic carbocycles. The summed E-state index contributed by atoms with van der Waals surface area (Å²) >= 11 is 0.